The SMILES string of the molecule is COC(=O)[C@@H]1CCCCN1C(=O)c1cnc2c(c1)N(S(=O)(=O)c1ccc(C(F)(F)F)cc1)CCO2. The van der Waals surface area contributed by atoms with E-state index in [9.17, 15) is 31.2 Å². The van der Waals surface area contributed by atoms with Gasteiger partial charge in [0.1, 0.15) is 18.3 Å². The Morgan fingerprint density at radius 2 is 1.86 bits per heavy atom. The van der Waals surface area contributed by atoms with Crippen LogP contribution in [0.1, 0.15) is 35.2 Å². The lowest BCUT2D eigenvalue weighted by molar-refractivity contribution is -0.147. The van der Waals surface area contributed by atoms with Crippen LogP contribution in [-0.2, 0) is 25.7 Å². The van der Waals surface area contributed by atoms with Crippen LogP contribution in [0.4, 0.5) is 18.9 Å². The van der Waals surface area contributed by atoms with Gasteiger partial charge in [-0.2, -0.15) is 13.2 Å². The molecule has 9 nitrogen and oxygen atoms in total. The molecule has 188 valence electrons. The molecule has 2 aromatic rings. The Labute approximate surface area is 199 Å². The summed E-state index contributed by atoms with van der Waals surface area (Å²) in [6, 6.07) is 3.68. The number of pyridine rings is 1. The zero-order valence-corrected chi connectivity index (χ0v) is 19.4. The number of alkyl halides is 3. The van der Waals surface area contributed by atoms with Crippen molar-refractivity contribution >= 4 is 27.6 Å². The second-order valence-corrected chi connectivity index (χ2v) is 9.89. The van der Waals surface area contributed by atoms with Gasteiger partial charge in [0.25, 0.3) is 15.9 Å². The highest BCUT2D eigenvalue weighted by Crippen LogP contribution is 2.36. The van der Waals surface area contributed by atoms with Crippen molar-refractivity contribution in [2.45, 2.75) is 36.4 Å². The Balaban J connectivity index is 1.67. The van der Waals surface area contributed by atoms with Crippen LogP contribution in [0, 0.1) is 0 Å². The van der Waals surface area contributed by atoms with Crippen LogP contribution in [0.15, 0.2) is 41.4 Å². The predicted octanol–water partition coefficient (Wildman–Crippen LogP) is 2.86. The highest BCUT2D eigenvalue weighted by Gasteiger charge is 2.36. The average molecular weight is 513 g/mol. The minimum atomic E-state index is -4.61. The fourth-order valence-corrected chi connectivity index (χ4v) is 5.55. The van der Waals surface area contributed by atoms with E-state index in [0.29, 0.717) is 31.5 Å². The van der Waals surface area contributed by atoms with Crippen LogP contribution in [-0.4, -0.2) is 63.0 Å². The number of esters is 1. The van der Waals surface area contributed by atoms with Gasteiger partial charge in [-0.05, 0) is 49.6 Å². The summed E-state index contributed by atoms with van der Waals surface area (Å²) >= 11 is 0. The number of rotatable bonds is 4. The molecule has 0 N–H and O–H groups in total. The summed E-state index contributed by atoms with van der Waals surface area (Å²) in [5.74, 6) is -1.10. The van der Waals surface area contributed by atoms with Crippen LogP contribution in [0.5, 0.6) is 5.88 Å². The summed E-state index contributed by atoms with van der Waals surface area (Å²) in [5, 5.41) is 0. The zero-order valence-electron chi connectivity index (χ0n) is 18.6. The number of amides is 1. The van der Waals surface area contributed by atoms with Gasteiger partial charge in [0.05, 0.1) is 29.7 Å². The van der Waals surface area contributed by atoms with E-state index in [0.717, 1.165) is 22.9 Å². The molecule has 1 aromatic heterocycles. The molecule has 13 heteroatoms. The van der Waals surface area contributed by atoms with Crippen molar-refractivity contribution in [1.82, 2.24) is 9.88 Å². The number of methoxy groups -OCH3 is 1. The summed E-state index contributed by atoms with van der Waals surface area (Å²) in [5.41, 5.74) is -0.957. The molecule has 0 aliphatic carbocycles. The lowest BCUT2D eigenvalue weighted by atomic mass is 10.0. The van der Waals surface area contributed by atoms with Crippen molar-refractivity contribution in [3.05, 3.63) is 47.7 Å². The summed E-state index contributed by atoms with van der Waals surface area (Å²) in [4.78, 5) is 30.5. The Hall–Kier alpha value is -3.35. The van der Waals surface area contributed by atoms with Gasteiger partial charge in [0.15, 0.2) is 0 Å². The van der Waals surface area contributed by atoms with Gasteiger partial charge < -0.3 is 14.4 Å². The van der Waals surface area contributed by atoms with Crippen molar-refractivity contribution in [1.29, 1.82) is 0 Å². The van der Waals surface area contributed by atoms with E-state index in [-0.39, 0.29) is 35.2 Å². The topological polar surface area (TPSA) is 106 Å². The molecule has 2 aliphatic heterocycles. The Morgan fingerprint density at radius 1 is 1.14 bits per heavy atom. The Kier molecular flexibility index (Phi) is 6.62. The minimum absolute atomic E-state index is 0.0198. The molecular weight excluding hydrogens is 491 g/mol. The number of carbonyl (C=O) groups is 2. The number of piperidine rings is 1. The van der Waals surface area contributed by atoms with Crippen LogP contribution < -0.4 is 9.04 Å². The van der Waals surface area contributed by atoms with Crippen molar-refractivity contribution < 1.29 is 40.7 Å². The van der Waals surface area contributed by atoms with Crippen LogP contribution in [0.3, 0.4) is 0 Å². The third-order valence-corrected chi connectivity index (χ3v) is 7.72. The van der Waals surface area contributed by atoms with Crippen molar-refractivity contribution in [3.63, 3.8) is 0 Å². The third kappa shape index (κ3) is 4.77. The number of sulfonamides is 1. The van der Waals surface area contributed by atoms with Crippen molar-refractivity contribution in [2.75, 3.05) is 31.1 Å². The number of hydrogen-bond donors (Lipinski definition) is 0. The van der Waals surface area contributed by atoms with E-state index in [1.807, 2.05) is 0 Å². The molecule has 0 saturated carbocycles. The Morgan fingerprint density at radius 3 is 2.51 bits per heavy atom. The molecule has 1 amide bonds. The van der Waals surface area contributed by atoms with Crippen LogP contribution >= 0.6 is 0 Å². The summed E-state index contributed by atoms with van der Waals surface area (Å²) in [6.45, 7) is 0.146. The lowest BCUT2D eigenvalue weighted by Gasteiger charge is -2.34. The molecule has 35 heavy (non-hydrogen) atoms. The molecule has 0 radical (unpaired) electrons. The molecule has 2 aliphatic rings. The van der Waals surface area contributed by atoms with Gasteiger partial charge in [-0.3, -0.25) is 9.10 Å². The molecule has 4 rings (SSSR count). The fraction of sp³-hybridized carbons (Fsp3) is 0.409. The van der Waals surface area contributed by atoms with E-state index in [4.69, 9.17) is 9.47 Å². The maximum atomic E-state index is 13.3. The number of benzene rings is 1. The number of ether oxygens (including phenoxy) is 2. The fourth-order valence-electron chi connectivity index (χ4n) is 4.11. The van der Waals surface area contributed by atoms with Gasteiger partial charge in [-0.15, -0.1) is 0 Å². The number of likely N-dealkylation sites (tertiary alicyclic amines) is 1. The largest absolute Gasteiger partial charge is 0.474 e. The second kappa shape index (κ2) is 9.36. The first-order chi connectivity index (χ1) is 16.5. The maximum absolute atomic E-state index is 13.3. The van der Waals surface area contributed by atoms with Crippen LogP contribution in [0.2, 0.25) is 0 Å². The number of hydrogen-bond acceptors (Lipinski definition) is 7. The van der Waals surface area contributed by atoms with E-state index in [1.54, 1.807) is 0 Å². The normalized spacial score (nSPS) is 18.5. The molecule has 0 unspecified atom stereocenters. The Bertz CT molecular complexity index is 1230. The van der Waals surface area contributed by atoms with Crippen molar-refractivity contribution in [3.8, 4) is 5.88 Å². The molecular formula is C22H22F3N3O6S. The quantitative estimate of drug-likeness (QED) is 0.579. The van der Waals surface area contributed by atoms with E-state index < -0.39 is 39.7 Å². The maximum Gasteiger partial charge on any atom is 0.416 e. The predicted molar refractivity (Wildman–Crippen MR) is 116 cm³/mol. The molecule has 1 fully saturated rings. The number of anilines is 1. The highest BCUT2D eigenvalue weighted by atomic mass is 32.2. The number of halogens is 3. The third-order valence-electron chi connectivity index (χ3n) is 5.89. The monoisotopic (exact) mass is 513 g/mol. The second-order valence-electron chi connectivity index (χ2n) is 8.03. The van der Waals surface area contributed by atoms with Gasteiger partial charge >= 0.3 is 12.1 Å². The first-order valence-electron chi connectivity index (χ1n) is 10.8. The molecule has 1 saturated heterocycles. The number of nitrogens with zero attached hydrogens (tertiary/aromatic N) is 3. The number of fused-ring (bicyclic) bond motifs is 1. The zero-order chi connectivity index (χ0) is 25.4. The van der Waals surface area contributed by atoms with E-state index in [2.05, 4.69) is 4.98 Å². The molecule has 0 bridgehead atoms. The summed E-state index contributed by atoms with van der Waals surface area (Å²) < 4.78 is 76.4. The first-order valence-corrected chi connectivity index (χ1v) is 12.2. The van der Waals surface area contributed by atoms with Gasteiger partial charge in [-0.25, -0.2) is 18.2 Å². The molecule has 1 aromatic carbocycles. The average Bonchev–Trinajstić information content (AvgIpc) is 2.86. The smallest absolute Gasteiger partial charge is 0.416 e. The summed E-state index contributed by atoms with van der Waals surface area (Å²) in [6.07, 6.45) is -1.50. The van der Waals surface area contributed by atoms with E-state index >= 15 is 0 Å². The standard InChI is InChI=1S/C22H22F3N3O6S/c1-33-21(30)17-4-2-3-9-27(17)20(29)14-12-18-19(26-13-14)34-11-10-28(18)35(31,32)16-7-5-15(6-8-16)22(23,24)25/h5-8,12-13,17H,2-4,9-11H2,1H3/t17-/m0/s1. The summed E-state index contributed by atoms with van der Waals surface area (Å²) in [7, 11) is -3.05. The minimum Gasteiger partial charge on any atom is -0.474 e. The number of aromatic nitrogens is 1. The first kappa shape index (κ1) is 24.8. The van der Waals surface area contributed by atoms with Gasteiger partial charge in [0.2, 0.25) is 5.88 Å². The number of carbonyl (C=O) groups excluding carboxylic acids is 2. The molecule has 3 heterocycles. The molecule has 1 atom stereocenters. The van der Waals surface area contributed by atoms with Gasteiger partial charge in [-0.1, -0.05) is 0 Å². The van der Waals surface area contributed by atoms with E-state index in [1.165, 1.54) is 24.3 Å². The van der Waals surface area contributed by atoms with Crippen LogP contribution in [0.25, 0.3) is 0 Å². The molecule has 0 spiro atoms. The lowest BCUT2D eigenvalue weighted by Crippen LogP contribution is -2.48. The van der Waals surface area contributed by atoms with Gasteiger partial charge in [0, 0.05) is 12.7 Å². The van der Waals surface area contributed by atoms with Crippen molar-refractivity contribution in [2.24, 2.45) is 0 Å². The highest BCUT2D eigenvalue weighted by molar-refractivity contribution is 7.92.